The number of ketones is 1. The predicted molar refractivity (Wildman–Crippen MR) is 153 cm³/mol. The van der Waals surface area contributed by atoms with Crippen LogP contribution in [0.2, 0.25) is 0 Å². The molecule has 2 fully saturated rings. The van der Waals surface area contributed by atoms with Crippen LogP contribution in [0.3, 0.4) is 0 Å². The third-order valence-corrected chi connectivity index (χ3v) is 9.68. The van der Waals surface area contributed by atoms with E-state index in [0.29, 0.717) is 35.7 Å². The molecular formula is C33H33N3O4. The maximum absolute atomic E-state index is 14.8. The lowest BCUT2D eigenvalue weighted by atomic mass is 9.57. The van der Waals surface area contributed by atoms with Gasteiger partial charge in [-0.15, -0.1) is 0 Å². The molecule has 0 aliphatic carbocycles. The maximum atomic E-state index is 14.8. The van der Waals surface area contributed by atoms with Crippen molar-refractivity contribution in [3.8, 4) is 5.75 Å². The fourth-order valence-corrected chi connectivity index (χ4v) is 8.03. The van der Waals surface area contributed by atoms with Crippen LogP contribution < -0.4 is 15.4 Å². The molecular weight excluding hydrogens is 502 g/mol. The van der Waals surface area contributed by atoms with E-state index in [1.54, 1.807) is 12.1 Å². The fraction of sp³-hybridized carbons (Fsp3) is 0.364. The summed E-state index contributed by atoms with van der Waals surface area (Å²) in [5, 5.41) is 6.30. The van der Waals surface area contributed by atoms with E-state index in [9.17, 15) is 14.4 Å². The van der Waals surface area contributed by atoms with Crippen LogP contribution in [0.4, 0.5) is 11.4 Å². The average Bonchev–Trinajstić information content (AvgIpc) is 3.68. The molecule has 4 aliphatic heterocycles. The van der Waals surface area contributed by atoms with Crippen LogP contribution >= 0.6 is 0 Å². The Morgan fingerprint density at radius 1 is 1.00 bits per heavy atom. The first-order chi connectivity index (χ1) is 19.4. The summed E-state index contributed by atoms with van der Waals surface area (Å²) in [7, 11) is 0. The van der Waals surface area contributed by atoms with Gasteiger partial charge in [0.15, 0.2) is 5.78 Å². The fourth-order valence-electron chi connectivity index (χ4n) is 8.03. The predicted octanol–water partition coefficient (Wildman–Crippen LogP) is 5.11. The van der Waals surface area contributed by atoms with Gasteiger partial charge in [0, 0.05) is 28.5 Å². The van der Waals surface area contributed by atoms with Gasteiger partial charge < -0.3 is 15.4 Å². The molecule has 7 heteroatoms. The lowest BCUT2D eigenvalue weighted by Gasteiger charge is -2.43. The summed E-state index contributed by atoms with van der Waals surface area (Å²) >= 11 is 0. The first-order valence-corrected chi connectivity index (χ1v) is 14.2. The van der Waals surface area contributed by atoms with Crippen molar-refractivity contribution in [2.24, 2.45) is 5.92 Å². The number of ether oxygens (including phenoxy) is 1. The summed E-state index contributed by atoms with van der Waals surface area (Å²) in [6.45, 7) is 7.24. The van der Waals surface area contributed by atoms with E-state index in [1.807, 2.05) is 69.3 Å². The highest BCUT2D eigenvalue weighted by Gasteiger charge is 2.81. The number of anilines is 2. The van der Waals surface area contributed by atoms with E-state index in [4.69, 9.17) is 4.74 Å². The van der Waals surface area contributed by atoms with Crippen molar-refractivity contribution >= 4 is 29.0 Å². The Balaban J connectivity index is 1.52. The molecule has 2 amide bonds. The van der Waals surface area contributed by atoms with Crippen LogP contribution in [0, 0.1) is 19.8 Å². The van der Waals surface area contributed by atoms with Crippen molar-refractivity contribution in [1.29, 1.82) is 0 Å². The van der Waals surface area contributed by atoms with E-state index in [1.165, 1.54) is 0 Å². The van der Waals surface area contributed by atoms with Gasteiger partial charge in [-0.2, -0.15) is 0 Å². The maximum Gasteiger partial charge on any atom is 0.251 e. The lowest BCUT2D eigenvalue weighted by molar-refractivity contribution is -0.137. The highest BCUT2D eigenvalue weighted by molar-refractivity contribution is 6.21. The van der Waals surface area contributed by atoms with Gasteiger partial charge in [0.25, 0.3) is 5.91 Å². The molecule has 0 unspecified atom stereocenters. The third-order valence-electron chi connectivity index (χ3n) is 9.68. The Kier molecular flexibility index (Phi) is 5.48. The molecule has 4 heterocycles. The molecule has 2 spiro atoms. The highest BCUT2D eigenvalue weighted by Crippen LogP contribution is 2.68. The van der Waals surface area contributed by atoms with Crippen LogP contribution in [0.25, 0.3) is 0 Å². The largest absolute Gasteiger partial charge is 0.494 e. The Bertz CT molecular complexity index is 1600. The van der Waals surface area contributed by atoms with Gasteiger partial charge in [-0.05, 0) is 74.5 Å². The summed E-state index contributed by atoms with van der Waals surface area (Å²) < 4.78 is 5.86. The molecule has 3 aromatic carbocycles. The molecule has 7 nitrogen and oxygen atoms in total. The van der Waals surface area contributed by atoms with E-state index < -0.39 is 16.9 Å². The Morgan fingerprint density at radius 3 is 2.65 bits per heavy atom. The third kappa shape index (κ3) is 2.91. The summed E-state index contributed by atoms with van der Waals surface area (Å²) in [4.78, 5) is 46.2. The number of aryl methyl sites for hydroxylation is 1. The minimum Gasteiger partial charge on any atom is -0.494 e. The highest BCUT2D eigenvalue weighted by atomic mass is 16.5. The van der Waals surface area contributed by atoms with Crippen molar-refractivity contribution in [2.45, 2.75) is 57.0 Å². The number of nitrogens with zero attached hydrogens (tertiary/aromatic N) is 1. The van der Waals surface area contributed by atoms with E-state index in [0.717, 1.165) is 41.6 Å². The number of nitrogens with one attached hydrogen (secondary N) is 2. The standard InChI is InChI=1S/C33H33N3O4/c1-4-17-40-22-10-7-9-21(18-22)29(37)27-26-13-8-16-36(26)33(24-15-14-19(2)20(3)28(24)35-31(33)39)32(27)23-11-5-6-12-25(23)34-30(32)38/h5-7,9-12,14-15,18,26-27H,4,8,13,16-17H2,1-3H3,(H,34,38)(H,35,39)/t26-,27-,32+,33+/m0/s1. The number of fused-ring (bicyclic) bond motifs is 7. The van der Waals surface area contributed by atoms with Crippen LogP contribution in [0.1, 0.15) is 58.8 Å². The second-order valence-electron chi connectivity index (χ2n) is 11.5. The van der Waals surface area contributed by atoms with Gasteiger partial charge in [0.05, 0.1) is 12.5 Å². The topological polar surface area (TPSA) is 87.7 Å². The second kappa shape index (κ2) is 8.77. The van der Waals surface area contributed by atoms with Gasteiger partial charge in [-0.25, -0.2) is 0 Å². The first-order valence-electron chi connectivity index (χ1n) is 14.2. The average molecular weight is 536 g/mol. The second-order valence-corrected chi connectivity index (χ2v) is 11.5. The number of amides is 2. The van der Waals surface area contributed by atoms with Crippen molar-refractivity contribution in [2.75, 3.05) is 23.8 Å². The number of para-hydroxylation sites is 1. The molecule has 3 aromatic rings. The van der Waals surface area contributed by atoms with Crippen molar-refractivity contribution in [3.63, 3.8) is 0 Å². The summed E-state index contributed by atoms with van der Waals surface area (Å²) in [6, 6.07) is 18.6. The van der Waals surface area contributed by atoms with Crippen molar-refractivity contribution in [3.05, 3.63) is 88.5 Å². The van der Waals surface area contributed by atoms with Crippen molar-refractivity contribution < 1.29 is 19.1 Å². The minimum atomic E-state index is -1.44. The van der Waals surface area contributed by atoms with Crippen LogP contribution in [0.5, 0.6) is 5.75 Å². The molecule has 2 saturated heterocycles. The molecule has 0 radical (unpaired) electrons. The number of carbonyl (C=O) groups excluding carboxylic acids is 3. The monoisotopic (exact) mass is 535 g/mol. The number of Topliss-reactive ketones (excluding diaryl/α,β-unsaturated/α-hetero) is 1. The van der Waals surface area contributed by atoms with Gasteiger partial charge in [-0.3, -0.25) is 19.3 Å². The molecule has 204 valence electrons. The van der Waals surface area contributed by atoms with E-state index in [-0.39, 0.29) is 23.6 Å². The molecule has 7 rings (SSSR count). The number of carbonyl (C=O) groups is 3. The Morgan fingerprint density at radius 2 is 1.82 bits per heavy atom. The van der Waals surface area contributed by atoms with Crippen LogP contribution in [-0.4, -0.2) is 41.7 Å². The lowest BCUT2D eigenvalue weighted by Crippen LogP contribution is -2.62. The Labute approximate surface area is 233 Å². The van der Waals surface area contributed by atoms with E-state index in [2.05, 4.69) is 15.5 Å². The summed E-state index contributed by atoms with van der Waals surface area (Å²) in [5.74, 6) is -0.790. The molecule has 4 aliphatic rings. The van der Waals surface area contributed by atoms with Crippen molar-refractivity contribution in [1.82, 2.24) is 4.90 Å². The number of hydrogen-bond acceptors (Lipinski definition) is 5. The van der Waals surface area contributed by atoms with E-state index >= 15 is 0 Å². The number of hydrogen-bond donors (Lipinski definition) is 2. The molecule has 4 atom stereocenters. The molecule has 40 heavy (non-hydrogen) atoms. The molecule has 2 N–H and O–H groups in total. The minimum absolute atomic E-state index is 0.132. The zero-order chi connectivity index (χ0) is 27.8. The number of rotatable bonds is 5. The normalized spacial score (nSPS) is 28.0. The molecule has 0 saturated carbocycles. The zero-order valence-corrected chi connectivity index (χ0v) is 23.0. The van der Waals surface area contributed by atoms with Gasteiger partial charge in [0.2, 0.25) is 5.91 Å². The number of benzene rings is 3. The summed E-state index contributed by atoms with van der Waals surface area (Å²) in [6.07, 6.45) is 2.44. The Hall–Kier alpha value is -3.97. The van der Waals surface area contributed by atoms with Crippen LogP contribution in [0.15, 0.2) is 60.7 Å². The molecule has 0 bridgehead atoms. The quantitative estimate of drug-likeness (QED) is 0.444. The SMILES string of the molecule is CCCOc1cccc(C(=O)[C@@H]2[C@@H]3CCCN3[C@]3(C(=O)Nc4c3ccc(C)c4C)[C@@]23C(=O)Nc2ccccc23)c1. The van der Waals surface area contributed by atoms with Gasteiger partial charge >= 0.3 is 0 Å². The smallest absolute Gasteiger partial charge is 0.251 e. The van der Waals surface area contributed by atoms with Gasteiger partial charge in [0.1, 0.15) is 16.7 Å². The van der Waals surface area contributed by atoms with Crippen LogP contribution in [-0.2, 0) is 20.5 Å². The molecule has 0 aromatic heterocycles. The summed E-state index contributed by atoms with van der Waals surface area (Å²) in [5.41, 5.74) is 2.68. The van der Waals surface area contributed by atoms with Gasteiger partial charge in [-0.1, -0.05) is 49.4 Å². The zero-order valence-electron chi connectivity index (χ0n) is 23.0. The first kappa shape index (κ1) is 25.0.